The minimum atomic E-state index is -1.82. The molecule has 0 amide bonds. The van der Waals surface area contributed by atoms with Gasteiger partial charge in [-0.2, -0.15) is 0 Å². The van der Waals surface area contributed by atoms with Crippen molar-refractivity contribution in [1.29, 1.82) is 0 Å². The summed E-state index contributed by atoms with van der Waals surface area (Å²) in [6, 6.07) is 3.65. The molecule has 2 rings (SSSR count). The molecule has 0 aliphatic rings. The predicted molar refractivity (Wildman–Crippen MR) is 59.4 cm³/mol. The third-order valence-electron chi connectivity index (χ3n) is 1.57. The van der Waals surface area contributed by atoms with Gasteiger partial charge in [-0.25, -0.2) is 19.3 Å². The molecule has 0 aliphatic carbocycles. The fourth-order valence-electron chi connectivity index (χ4n) is 0.864. The Hall–Kier alpha value is -2.48. The van der Waals surface area contributed by atoms with Crippen molar-refractivity contribution >= 4 is 23.5 Å². The Morgan fingerprint density at radius 2 is 1.72 bits per heavy atom. The first-order chi connectivity index (χ1) is 8.50. The largest absolute Gasteiger partial charge is 0.473 e. The van der Waals surface area contributed by atoms with Crippen LogP contribution in [0.1, 0.15) is 0 Å². The van der Waals surface area contributed by atoms with Gasteiger partial charge in [0.15, 0.2) is 0 Å². The molecular weight excluding hydrogens is 264 g/mol. The van der Waals surface area contributed by atoms with Gasteiger partial charge >= 0.3 is 11.9 Å². The van der Waals surface area contributed by atoms with Crippen molar-refractivity contribution in [3.05, 3.63) is 36.1 Å². The molecule has 2 aromatic rings. The van der Waals surface area contributed by atoms with Crippen molar-refractivity contribution in [2.24, 2.45) is 0 Å². The number of carbonyl (C=O) groups is 2. The van der Waals surface area contributed by atoms with Gasteiger partial charge in [0.1, 0.15) is 6.33 Å². The lowest BCUT2D eigenvalue weighted by Crippen LogP contribution is -2.09. The second-order valence-corrected chi connectivity index (χ2v) is 3.11. The molecular formula is C9H7ClN4O4. The third kappa shape index (κ3) is 4.18. The van der Waals surface area contributed by atoms with Crippen molar-refractivity contribution in [2.45, 2.75) is 0 Å². The maximum absolute atomic E-state index is 9.10. The smallest absolute Gasteiger partial charge is 0.414 e. The zero-order chi connectivity index (χ0) is 13.5. The summed E-state index contributed by atoms with van der Waals surface area (Å²) in [5.74, 6) is -3.65. The summed E-state index contributed by atoms with van der Waals surface area (Å²) in [5.41, 5.74) is 0.893. The van der Waals surface area contributed by atoms with Crippen molar-refractivity contribution in [2.75, 3.05) is 0 Å². The molecule has 2 N–H and O–H groups in total. The van der Waals surface area contributed by atoms with E-state index in [1.165, 1.54) is 0 Å². The zero-order valence-corrected chi connectivity index (χ0v) is 9.52. The minimum absolute atomic E-state index is 0.242. The third-order valence-corrected chi connectivity index (χ3v) is 1.75. The standard InChI is InChI=1S/C7H5ClN4.C2H2O4/c8-7-10-5-12(11-7)6-1-3-9-4-2-6;3-1(4)2(5)6/h1-5H;(H,3,4)(H,5,6). The number of rotatable bonds is 1. The number of hydrogen-bond donors (Lipinski definition) is 2. The van der Waals surface area contributed by atoms with E-state index in [1.54, 1.807) is 23.4 Å². The van der Waals surface area contributed by atoms with Gasteiger partial charge in [0.25, 0.3) is 0 Å². The van der Waals surface area contributed by atoms with Crippen LogP contribution in [0.3, 0.4) is 0 Å². The van der Waals surface area contributed by atoms with Crippen LogP contribution in [0.5, 0.6) is 0 Å². The Balaban J connectivity index is 0.000000232. The average molecular weight is 271 g/mol. The Morgan fingerprint density at radius 3 is 2.11 bits per heavy atom. The minimum Gasteiger partial charge on any atom is -0.473 e. The molecule has 2 heterocycles. The molecule has 0 spiro atoms. The molecule has 9 heteroatoms. The summed E-state index contributed by atoms with van der Waals surface area (Å²) in [6.45, 7) is 0. The molecule has 0 bridgehead atoms. The molecule has 0 fully saturated rings. The topological polar surface area (TPSA) is 118 Å². The van der Waals surface area contributed by atoms with Crippen molar-refractivity contribution in [3.8, 4) is 5.69 Å². The predicted octanol–water partition coefficient (Wildman–Crippen LogP) is 0.471. The number of pyridine rings is 1. The SMILES string of the molecule is Clc1ncn(-c2ccncc2)n1.O=C(O)C(=O)O. The lowest BCUT2D eigenvalue weighted by Gasteiger charge is -1.96. The summed E-state index contributed by atoms with van der Waals surface area (Å²) in [4.78, 5) is 25.9. The van der Waals surface area contributed by atoms with Crippen LogP contribution in [0, 0.1) is 0 Å². The first-order valence-electron chi connectivity index (χ1n) is 4.44. The molecule has 0 saturated heterocycles. The van der Waals surface area contributed by atoms with E-state index < -0.39 is 11.9 Å². The maximum Gasteiger partial charge on any atom is 0.414 e. The highest BCUT2D eigenvalue weighted by Crippen LogP contribution is 2.05. The van der Waals surface area contributed by atoms with E-state index in [0.29, 0.717) is 0 Å². The number of carboxylic acid groups (broad SMARTS) is 2. The van der Waals surface area contributed by atoms with Gasteiger partial charge in [-0.1, -0.05) is 0 Å². The second-order valence-electron chi connectivity index (χ2n) is 2.77. The summed E-state index contributed by atoms with van der Waals surface area (Å²) in [6.07, 6.45) is 4.92. The van der Waals surface area contributed by atoms with E-state index >= 15 is 0 Å². The van der Waals surface area contributed by atoms with Crippen LogP contribution in [-0.4, -0.2) is 41.9 Å². The molecule has 8 nitrogen and oxygen atoms in total. The highest BCUT2D eigenvalue weighted by Gasteiger charge is 2.04. The molecule has 18 heavy (non-hydrogen) atoms. The lowest BCUT2D eigenvalue weighted by molar-refractivity contribution is -0.159. The highest BCUT2D eigenvalue weighted by molar-refractivity contribution is 6.28. The van der Waals surface area contributed by atoms with E-state index in [9.17, 15) is 0 Å². The van der Waals surface area contributed by atoms with Gasteiger partial charge in [0, 0.05) is 12.4 Å². The van der Waals surface area contributed by atoms with Gasteiger partial charge in [-0.05, 0) is 23.7 Å². The Bertz CT molecular complexity index is 531. The van der Waals surface area contributed by atoms with Gasteiger partial charge in [0.2, 0.25) is 5.28 Å². The van der Waals surface area contributed by atoms with Crippen LogP contribution in [0.2, 0.25) is 5.28 Å². The Kier molecular flexibility index (Phi) is 4.76. The first-order valence-corrected chi connectivity index (χ1v) is 4.82. The highest BCUT2D eigenvalue weighted by atomic mass is 35.5. The summed E-state index contributed by atoms with van der Waals surface area (Å²) >= 11 is 5.55. The summed E-state index contributed by atoms with van der Waals surface area (Å²) in [5, 5.41) is 18.9. The normalized spacial score (nSPS) is 9.17. The first kappa shape index (κ1) is 13.6. The number of halogens is 1. The quantitative estimate of drug-likeness (QED) is 0.723. The van der Waals surface area contributed by atoms with Gasteiger partial charge in [0.05, 0.1) is 5.69 Å². The van der Waals surface area contributed by atoms with Crippen LogP contribution < -0.4 is 0 Å². The van der Waals surface area contributed by atoms with Crippen molar-refractivity contribution in [3.63, 3.8) is 0 Å². The summed E-state index contributed by atoms with van der Waals surface area (Å²) in [7, 11) is 0. The molecule has 94 valence electrons. The van der Waals surface area contributed by atoms with Crippen molar-refractivity contribution in [1.82, 2.24) is 19.7 Å². The van der Waals surface area contributed by atoms with E-state index in [4.69, 9.17) is 31.4 Å². The van der Waals surface area contributed by atoms with Gasteiger partial charge in [-0.15, -0.1) is 5.10 Å². The molecule has 0 aromatic carbocycles. The second kappa shape index (κ2) is 6.30. The molecule has 2 aromatic heterocycles. The van der Waals surface area contributed by atoms with E-state index in [1.807, 2.05) is 12.1 Å². The van der Waals surface area contributed by atoms with Crippen LogP contribution in [0.15, 0.2) is 30.9 Å². The Morgan fingerprint density at radius 1 is 1.17 bits per heavy atom. The molecule has 0 unspecified atom stereocenters. The molecule has 0 aliphatic heterocycles. The number of carboxylic acids is 2. The number of nitrogens with zero attached hydrogens (tertiary/aromatic N) is 4. The number of aliphatic carboxylic acids is 2. The average Bonchev–Trinajstić information content (AvgIpc) is 2.78. The van der Waals surface area contributed by atoms with E-state index in [0.717, 1.165) is 5.69 Å². The fraction of sp³-hybridized carbons (Fsp3) is 0. The van der Waals surface area contributed by atoms with E-state index in [-0.39, 0.29) is 5.28 Å². The fourth-order valence-corrected chi connectivity index (χ4v) is 0.989. The lowest BCUT2D eigenvalue weighted by atomic mass is 10.4. The number of aromatic nitrogens is 4. The maximum atomic E-state index is 9.10. The van der Waals surface area contributed by atoms with Crippen molar-refractivity contribution < 1.29 is 19.8 Å². The zero-order valence-electron chi connectivity index (χ0n) is 8.76. The van der Waals surface area contributed by atoms with Crippen LogP contribution in [0.25, 0.3) is 5.69 Å². The monoisotopic (exact) mass is 270 g/mol. The number of hydrogen-bond acceptors (Lipinski definition) is 5. The van der Waals surface area contributed by atoms with Crippen LogP contribution in [0.4, 0.5) is 0 Å². The molecule has 0 saturated carbocycles. The van der Waals surface area contributed by atoms with E-state index in [2.05, 4.69) is 15.1 Å². The Labute approximate surface area is 105 Å². The molecule has 0 radical (unpaired) electrons. The van der Waals surface area contributed by atoms with Crippen LogP contribution >= 0.6 is 11.6 Å². The van der Waals surface area contributed by atoms with Gasteiger partial charge < -0.3 is 10.2 Å². The molecule has 0 atom stereocenters. The van der Waals surface area contributed by atoms with Gasteiger partial charge in [-0.3, -0.25) is 4.98 Å². The summed E-state index contributed by atoms with van der Waals surface area (Å²) < 4.78 is 1.59. The van der Waals surface area contributed by atoms with Crippen LogP contribution in [-0.2, 0) is 9.59 Å².